The van der Waals surface area contributed by atoms with Gasteiger partial charge in [-0.15, -0.1) is 5.10 Å². The number of primary amides is 1. The van der Waals surface area contributed by atoms with E-state index in [1.54, 1.807) is 16.8 Å². The Morgan fingerprint density at radius 3 is 2.64 bits per heavy atom. The minimum Gasteiger partial charge on any atom is -0.369 e. The van der Waals surface area contributed by atoms with Crippen molar-refractivity contribution < 1.29 is 14.1 Å². The molecule has 1 saturated heterocycles. The normalized spacial score (nSPS) is 21.8. The highest BCUT2D eigenvalue weighted by Crippen LogP contribution is 2.15. The molecule has 1 aliphatic rings. The molecule has 134 valence electrons. The third kappa shape index (κ3) is 4.01. The summed E-state index contributed by atoms with van der Waals surface area (Å²) in [4.78, 5) is 12.7. The van der Waals surface area contributed by atoms with E-state index in [0.717, 1.165) is 43.7 Å². The number of rotatable bonds is 6. The number of hydrogen-bond acceptors (Lipinski definition) is 4. The minimum atomic E-state index is -0.256. The summed E-state index contributed by atoms with van der Waals surface area (Å²) in [6.45, 7) is 4.40. The second-order valence-electron chi connectivity index (χ2n) is 6.62. The van der Waals surface area contributed by atoms with E-state index in [2.05, 4.69) is 22.4 Å². The van der Waals surface area contributed by atoms with E-state index in [1.165, 1.54) is 17.0 Å². The Kier molecular flexibility index (Phi) is 5.37. The van der Waals surface area contributed by atoms with Crippen LogP contribution >= 0.6 is 0 Å². The molecule has 8 heteroatoms. The number of halogens is 1. The minimum absolute atomic E-state index is 0.0172. The van der Waals surface area contributed by atoms with Gasteiger partial charge in [-0.05, 0) is 28.1 Å². The van der Waals surface area contributed by atoms with Crippen LogP contribution in [0.3, 0.4) is 0 Å². The Labute approximate surface area is 146 Å². The van der Waals surface area contributed by atoms with E-state index < -0.39 is 0 Å². The van der Waals surface area contributed by atoms with Crippen LogP contribution in [0, 0.1) is 11.7 Å². The first-order valence-corrected chi connectivity index (χ1v) is 8.73. The standard InChI is InChI=1S/C17H23FN6O/c1-2-15(23-9-7-13(8-10-23)16(19)25)17-20-21-22-24(17)11-12-3-5-14(18)6-4-12/h3-6,13,15H,2,7-11H2,1H3,(H2,19,25)/p+1/t15-/m0/s1. The van der Waals surface area contributed by atoms with Crippen molar-refractivity contribution in [1.82, 2.24) is 20.2 Å². The number of carbonyl (C=O) groups is 1. The molecule has 25 heavy (non-hydrogen) atoms. The second-order valence-corrected chi connectivity index (χ2v) is 6.62. The number of piperidine rings is 1. The molecule has 1 aromatic carbocycles. The van der Waals surface area contributed by atoms with Crippen molar-refractivity contribution in [1.29, 1.82) is 0 Å². The summed E-state index contributed by atoms with van der Waals surface area (Å²) < 4.78 is 14.9. The monoisotopic (exact) mass is 347 g/mol. The van der Waals surface area contributed by atoms with Gasteiger partial charge in [0.25, 0.3) is 0 Å². The molecule has 1 amide bonds. The Balaban J connectivity index is 1.73. The molecule has 2 aromatic rings. The van der Waals surface area contributed by atoms with E-state index in [4.69, 9.17) is 5.73 Å². The topological polar surface area (TPSA) is 91.1 Å². The van der Waals surface area contributed by atoms with Crippen LogP contribution in [0.5, 0.6) is 0 Å². The van der Waals surface area contributed by atoms with Crippen molar-refractivity contribution in [3.8, 4) is 0 Å². The molecule has 0 aliphatic carbocycles. The first-order chi connectivity index (χ1) is 12.1. The lowest BCUT2D eigenvalue weighted by atomic mass is 9.94. The summed E-state index contributed by atoms with van der Waals surface area (Å²) in [5.74, 6) is 0.359. The summed E-state index contributed by atoms with van der Waals surface area (Å²) >= 11 is 0. The summed E-state index contributed by atoms with van der Waals surface area (Å²) in [5, 5.41) is 12.2. The third-order valence-corrected chi connectivity index (χ3v) is 5.05. The van der Waals surface area contributed by atoms with Crippen LogP contribution in [0.4, 0.5) is 4.39 Å². The summed E-state index contributed by atoms with van der Waals surface area (Å²) in [6, 6.07) is 6.54. The van der Waals surface area contributed by atoms with Crippen LogP contribution in [0.2, 0.25) is 0 Å². The van der Waals surface area contributed by atoms with Crippen molar-refractivity contribution >= 4 is 5.91 Å². The number of quaternary nitrogens is 1. The fourth-order valence-corrected chi connectivity index (χ4v) is 3.61. The number of hydrogen-bond donors (Lipinski definition) is 2. The third-order valence-electron chi connectivity index (χ3n) is 5.05. The molecule has 0 spiro atoms. The number of likely N-dealkylation sites (tertiary alicyclic amines) is 1. The van der Waals surface area contributed by atoms with E-state index >= 15 is 0 Å². The molecule has 0 bridgehead atoms. The predicted molar refractivity (Wildman–Crippen MR) is 89.0 cm³/mol. The summed E-state index contributed by atoms with van der Waals surface area (Å²) in [6.07, 6.45) is 2.52. The number of aromatic nitrogens is 4. The predicted octanol–water partition coefficient (Wildman–Crippen LogP) is 0.0918. The zero-order valence-corrected chi connectivity index (χ0v) is 14.4. The quantitative estimate of drug-likeness (QED) is 0.775. The van der Waals surface area contributed by atoms with Crippen molar-refractivity contribution in [2.24, 2.45) is 11.7 Å². The summed E-state index contributed by atoms with van der Waals surface area (Å²) in [5.41, 5.74) is 6.38. The molecule has 2 heterocycles. The number of tetrazole rings is 1. The zero-order valence-electron chi connectivity index (χ0n) is 14.4. The molecule has 0 radical (unpaired) electrons. The lowest BCUT2D eigenvalue weighted by Crippen LogP contribution is -3.13. The fourth-order valence-electron chi connectivity index (χ4n) is 3.61. The molecule has 0 saturated carbocycles. The van der Waals surface area contributed by atoms with Gasteiger partial charge in [-0.25, -0.2) is 9.07 Å². The van der Waals surface area contributed by atoms with Gasteiger partial charge in [-0.1, -0.05) is 19.1 Å². The zero-order chi connectivity index (χ0) is 17.8. The number of nitrogens with two attached hydrogens (primary N) is 1. The van der Waals surface area contributed by atoms with Crippen molar-refractivity contribution in [3.05, 3.63) is 41.5 Å². The Morgan fingerprint density at radius 2 is 2.04 bits per heavy atom. The molecular formula is C17H24FN6O+. The smallest absolute Gasteiger partial charge is 0.220 e. The molecule has 1 aromatic heterocycles. The van der Waals surface area contributed by atoms with Gasteiger partial charge in [0.1, 0.15) is 11.9 Å². The highest BCUT2D eigenvalue weighted by atomic mass is 19.1. The van der Waals surface area contributed by atoms with Gasteiger partial charge in [0.05, 0.1) is 19.6 Å². The molecule has 3 N–H and O–H groups in total. The van der Waals surface area contributed by atoms with Crippen molar-refractivity contribution in [2.45, 2.75) is 38.8 Å². The van der Waals surface area contributed by atoms with Gasteiger partial charge in [-0.3, -0.25) is 4.79 Å². The van der Waals surface area contributed by atoms with E-state index in [1.807, 2.05) is 0 Å². The summed E-state index contributed by atoms with van der Waals surface area (Å²) in [7, 11) is 0. The Hall–Kier alpha value is -2.35. The van der Waals surface area contributed by atoms with Gasteiger partial charge < -0.3 is 10.6 Å². The highest BCUT2D eigenvalue weighted by Gasteiger charge is 2.33. The molecule has 1 aliphatic heterocycles. The van der Waals surface area contributed by atoms with Gasteiger partial charge in [0, 0.05) is 25.2 Å². The number of amides is 1. The Morgan fingerprint density at radius 1 is 1.36 bits per heavy atom. The van der Waals surface area contributed by atoms with Crippen LogP contribution in [0.25, 0.3) is 0 Å². The van der Waals surface area contributed by atoms with Gasteiger partial charge >= 0.3 is 0 Å². The maximum atomic E-state index is 13.1. The van der Waals surface area contributed by atoms with Gasteiger partial charge in [0.15, 0.2) is 0 Å². The van der Waals surface area contributed by atoms with Crippen LogP contribution in [-0.2, 0) is 11.3 Å². The molecular weight excluding hydrogens is 323 g/mol. The first kappa shape index (κ1) is 17.5. The number of carbonyl (C=O) groups excluding carboxylic acids is 1. The molecule has 1 fully saturated rings. The maximum Gasteiger partial charge on any atom is 0.220 e. The van der Waals surface area contributed by atoms with Crippen LogP contribution in [-0.4, -0.2) is 39.2 Å². The fraction of sp³-hybridized carbons (Fsp3) is 0.529. The number of nitrogens with zero attached hydrogens (tertiary/aromatic N) is 4. The largest absolute Gasteiger partial charge is 0.369 e. The van der Waals surface area contributed by atoms with Crippen molar-refractivity contribution in [2.75, 3.05) is 13.1 Å². The lowest BCUT2D eigenvalue weighted by molar-refractivity contribution is -0.938. The molecule has 0 unspecified atom stereocenters. The average molecular weight is 347 g/mol. The second kappa shape index (κ2) is 7.69. The van der Waals surface area contributed by atoms with Crippen molar-refractivity contribution in [3.63, 3.8) is 0 Å². The average Bonchev–Trinajstić information content (AvgIpc) is 3.06. The lowest BCUT2D eigenvalue weighted by Gasteiger charge is -2.32. The molecule has 7 nitrogen and oxygen atoms in total. The maximum absolute atomic E-state index is 13.1. The van der Waals surface area contributed by atoms with Crippen LogP contribution < -0.4 is 10.6 Å². The van der Waals surface area contributed by atoms with E-state index in [-0.39, 0.29) is 23.7 Å². The SMILES string of the molecule is CC[C@@H](c1nnnn1Cc1ccc(F)cc1)[NH+]1CCC(C(N)=O)CC1. The molecule has 3 rings (SSSR count). The van der Waals surface area contributed by atoms with Gasteiger partial charge in [-0.2, -0.15) is 0 Å². The van der Waals surface area contributed by atoms with E-state index in [9.17, 15) is 9.18 Å². The Bertz CT molecular complexity index is 708. The van der Waals surface area contributed by atoms with E-state index in [0.29, 0.717) is 6.54 Å². The van der Waals surface area contributed by atoms with Crippen LogP contribution in [0.15, 0.2) is 24.3 Å². The first-order valence-electron chi connectivity index (χ1n) is 8.73. The number of benzene rings is 1. The van der Waals surface area contributed by atoms with Crippen LogP contribution in [0.1, 0.15) is 43.6 Å². The van der Waals surface area contributed by atoms with Gasteiger partial charge in [0.2, 0.25) is 11.7 Å². The highest BCUT2D eigenvalue weighted by molar-refractivity contribution is 5.76. The number of nitrogens with one attached hydrogen (secondary N) is 1. The molecule has 1 atom stereocenters.